The standard InChI is InChI=1S/C20H30N4O/c1-4-24(5-2)19(17-10-7-6-8-11-17)16-23-20(21-3)22-14-13-18-12-9-15-25-18/h6-12,15,19H,4-5,13-14,16H2,1-3H3,(H2,21,22,23). The van der Waals surface area contributed by atoms with Gasteiger partial charge in [0.2, 0.25) is 0 Å². The van der Waals surface area contributed by atoms with E-state index in [1.807, 2.05) is 12.1 Å². The Hall–Kier alpha value is -2.27. The van der Waals surface area contributed by atoms with Gasteiger partial charge in [0, 0.05) is 26.6 Å². The number of hydrogen-bond donors (Lipinski definition) is 2. The summed E-state index contributed by atoms with van der Waals surface area (Å²) in [5, 5.41) is 6.81. The summed E-state index contributed by atoms with van der Waals surface area (Å²) in [5.41, 5.74) is 1.32. The van der Waals surface area contributed by atoms with E-state index in [-0.39, 0.29) is 0 Å². The van der Waals surface area contributed by atoms with Crippen LogP contribution in [-0.4, -0.2) is 44.1 Å². The van der Waals surface area contributed by atoms with Gasteiger partial charge in [0.05, 0.1) is 12.3 Å². The number of nitrogens with zero attached hydrogens (tertiary/aromatic N) is 2. The highest BCUT2D eigenvalue weighted by atomic mass is 16.3. The monoisotopic (exact) mass is 342 g/mol. The molecule has 1 aromatic carbocycles. The molecule has 0 fully saturated rings. The molecule has 25 heavy (non-hydrogen) atoms. The highest BCUT2D eigenvalue weighted by molar-refractivity contribution is 5.79. The quantitative estimate of drug-likeness (QED) is 0.543. The number of hydrogen-bond acceptors (Lipinski definition) is 3. The van der Waals surface area contributed by atoms with Crippen molar-refractivity contribution in [2.45, 2.75) is 26.3 Å². The Morgan fingerprint density at radius 1 is 1.08 bits per heavy atom. The number of guanidine groups is 1. The maximum atomic E-state index is 5.36. The van der Waals surface area contributed by atoms with Gasteiger partial charge in [-0.15, -0.1) is 0 Å². The summed E-state index contributed by atoms with van der Waals surface area (Å²) < 4.78 is 5.36. The molecule has 2 N–H and O–H groups in total. The second-order valence-electron chi connectivity index (χ2n) is 5.86. The van der Waals surface area contributed by atoms with E-state index in [9.17, 15) is 0 Å². The van der Waals surface area contributed by atoms with E-state index >= 15 is 0 Å². The number of benzene rings is 1. The predicted molar refractivity (Wildman–Crippen MR) is 104 cm³/mol. The molecule has 5 nitrogen and oxygen atoms in total. The lowest BCUT2D eigenvalue weighted by Crippen LogP contribution is -2.43. The molecule has 0 aliphatic heterocycles. The summed E-state index contributed by atoms with van der Waals surface area (Å²) in [6, 6.07) is 14.9. The summed E-state index contributed by atoms with van der Waals surface area (Å²) >= 11 is 0. The van der Waals surface area contributed by atoms with Gasteiger partial charge in [-0.1, -0.05) is 44.2 Å². The van der Waals surface area contributed by atoms with Crippen molar-refractivity contribution in [3.8, 4) is 0 Å². The van der Waals surface area contributed by atoms with Gasteiger partial charge >= 0.3 is 0 Å². The summed E-state index contributed by atoms with van der Waals surface area (Å²) in [6.45, 7) is 8.04. The molecule has 1 aromatic heterocycles. The van der Waals surface area contributed by atoms with E-state index in [1.54, 1.807) is 13.3 Å². The zero-order valence-corrected chi connectivity index (χ0v) is 15.5. The lowest BCUT2D eigenvalue weighted by atomic mass is 10.1. The molecular formula is C20H30N4O. The number of furan rings is 1. The van der Waals surface area contributed by atoms with Crippen LogP contribution in [0.5, 0.6) is 0 Å². The van der Waals surface area contributed by atoms with Crippen molar-refractivity contribution in [1.82, 2.24) is 15.5 Å². The largest absolute Gasteiger partial charge is 0.469 e. The summed E-state index contributed by atoms with van der Waals surface area (Å²) in [7, 11) is 1.80. The molecule has 0 bridgehead atoms. The highest BCUT2D eigenvalue weighted by Gasteiger charge is 2.18. The molecular weight excluding hydrogens is 312 g/mol. The maximum absolute atomic E-state index is 5.36. The van der Waals surface area contributed by atoms with E-state index in [4.69, 9.17) is 4.42 Å². The van der Waals surface area contributed by atoms with Crippen LogP contribution in [0.2, 0.25) is 0 Å². The Morgan fingerprint density at radius 3 is 2.44 bits per heavy atom. The third-order valence-corrected chi connectivity index (χ3v) is 4.37. The topological polar surface area (TPSA) is 52.8 Å². The van der Waals surface area contributed by atoms with Crippen molar-refractivity contribution >= 4 is 5.96 Å². The third kappa shape index (κ3) is 5.94. The van der Waals surface area contributed by atoms with Crippen LogP contribution in [0, 0.1) is 0 Å². The van der Waals surface area contributed by atoms with E-state index in [1.165, 1.54) is 5.56 Å². The van der Waals surface area contributed by atoms with Gasteiger partial charge < -0.3 is 15.1 Å². The number of aliphatic imine (C=N–C) groups is 1. The molecule has 2 aromatic rings. The van der Waals surface area contributed by atoms with Crippen LogP contribution in [0.15, 0.2) is 58.1 Å². The van der Waals surface area contributed by atoms with Gasteiger partial charge in [-0.25, -0.2) is 0 Å². The van der Waals surface area contributed by atoms with E-state index in [0.29, 0.717) is 6.04 Å². The minimum absolute atomic E-state index is 0.319. The van der Waals surface area contributed by atoms with E-state index in [0.717, 1.165) is 44.3 Å². The van der Waals surface area contributed by atoms with Gasteiger partial charge in [0.1, 0.15) is 5.76 Å². The maximum Gasteiger partial charge on any atom is 0.191 e. The normalized spacial score (nSPS) is 13.0. The fraction of sp³-hybridized carbons (Fsp3) is 0.450. The summed E-state index contributed by atoms with van der Waals surface area (Å²) in [6.07, 6.45) is 2.54. The first-order valence-electron chi connectivity index (χ1n) is 9.04. The molecule has 0 aliphatic carbocycles. The first-order valence-corrected chi connectivity index (χ1v) is 9.04. The van der Waals surface area contributed by atoms with Gasteiger partial charge in [-0.2, -0.15) is 0 Å². The van der Waals surface area contributed by atoms with Crippen molar-refractivity contribution in [1.29, 1.82) is 0 Å². The molecule has 1 heterocycles. The van der Waals surface area contributed by atoms with E-state index < -0.39 is 0 Å². The average Bonchev–Trinajstić information content (AvgIpc) is 3.17. The van der Waals surface area contributed by atoms with Crippen LogP contribution < -0.4 is 10.6 Å². The fourth-order valence-corrected chi connectivity index (χ4v) is 2.97. The first-order chi connectivity index (χ1) is 12.3. The molecule has 0 amide bonds. The van der Waals surface area contributed by atoms with E-state index in [2.05, 4.69) is 64.7 Å². The minimum atomic E-state index is 0.319. The second-order valence-corrected chi connectivity index (χ2v) is 5.86. The molecule has 0 aliphatic rings. The van der Waals surface area contributed by atoms with Crippen molar-refractivity contribution < 1.29 is 4.42 Å². The molecule has 0 radical (unpaired) electrons. The summed E-state index contributed by atoms with van der Waals surface area (Å²) in [5.74, 6) is 1.80. The smallest absolute Gasteiger partial charge is 0.191 e. The predicted octanol–water partition coefficient (Wildman–Crippen LogP) is 3.07. The number of rotatable bonds is 9. The van der Waals surface area contributed by atoms with Crippen molar-refractivity contribution in [3.05, 3.63) is 60.1 Å². The molecule has 2 rings (SSSR count). The molecule has 5 heteroatoms. The minimum Gasteiger partial charge on any atom is -0.469 e. The fourth-order valence-electron chi connectivity index (χ4n) is 2.97. The Kier molecular flexibility index (Phi) is 8.05. The van der Waals surface area contributed by atoms with Crippen LogP contribution in [0.25, 0.3) is 0 Å². The van der Waals surface area contributed by atoms with Crippen LogP contribution in [0.3, 0.4) is 0 Å². The highest BCUT2D eigenvalue weighted by Crippen LogP contribution is 2.19. The number of nitrogens with one attached hydrogen (secondary N) is 2. The SMILES string of the molecule is CCN(CC)C(CNC(=NC)NCCc1ccco1)c1ccccc1. The van der Waals surface area contributed by atoms with Crippen molar-refractivity contribution in [2.24, 2.45) is 4.99 Å². The van der Waals surface area contributed by atoms with Crippen molar-refractivity contribution in [3.63, 3.8) is 0 Å². The third-order valence-electron chi connectivity index (χ3n) is 4.37. The lowest BCUT2D eigenvalue weighted by Gasteiger charge is -2.30. The molecule has 1 unspecified atom stereocenters. The van der Waals surface area contributed by atoms with Gasteiger partial charge in [0.15, 0.2) is 5.96 Å². The average molecular weight is 342 g/mol. The van der Waals surface area contributed by atoms with Gasteiger partial charge in [-0.05, 0) is 30.8 Å². The van der Waals surface area contributed by atoms with Crippen LogP contribution >= 0.6 is 0 Å². The zero-order chi connectivity index (χ0) is 17.9. The van der Waals surface area contributed by atoms with Crippen LogP contribution in [-0.2, 0) is 6.42 Å². The Labute approximate surface area is 151 Å². The Morgan fingerprint density at radius 2 is 1.84 bits per heavy atom. The second kappa shape index (κ2) is 10.6. The molecule has 1 atom stereocenters. The molecule has 0 saturated heterocycles. The van der Waals surface area contributed by atoms with Gasteiger partial charge in [-0.3, -0.25) is 9.89 Å². The van der Waals surface area contributed by atoms with Crippen molar-refractivity contribution in [2.75, 3.05) is 33.2 Å². The summed E-state index contributed by atoms with van der Waals surface area (Å²) in [4.78, 5) is 6.79. The molecule has 0 spiro atoms. The van der Waals surface area contributed by atoms with Crippen LogP contribution in [0.4, 0.5) is 0 Å². The van der Waals surface area contributed by atoms with Gasteiger partial charge in [0.25, 0.3) is 0 Å². The first kappa shape index (κ1) is 19.1. The van der Waals surface area contributed by atoms with Crippen LogP contribution in [0.1, 0.15) is 31.2 Å². The lowest BCUT2D eigenvalue weighted by molar-refractivity contribution is 0.219. The zero-order valence-electron chi connectivity index (χ0n) is 15.5. The Bertz CT molecular complexity index is 606. The molecule has 0 saturated carbocycles. The molecule has 136 valence electrons. The Balaban J connectivity index is 1.91. The number of likely N-dealkylation sites (N-methyl/N-ethyl adjacent to an activating group) is 1.